The molecule has 1 atom stereocenters. The third-order valence-corrected chi connectivity index (χ3v) is 4.13. The molecule has 0 aliphatic carbocycles. The molecule has 1 aliphatic rings. The Morgan fingerprint density at radius 3 is 2.65 bits per heavy atom. The van der Waals surface area contributed by atoms with Gasteiger partial charge in [0.05, 0.1) is 5.56 Å². The van der Waals surface area contributed by atoms with Crippen LogP contribution in [-0.4, -0.2) is 25.2 Å². The Labute approximate surface area is 118 Å². The first kappa shape index (κ1) is 15.2. The number of anilines is 1. The lowest BCUT2D eigenvalue weighted by molar-refractivity contribution is -0.137. The number of hydrogen-bond acceptors (Lipinski definition) is 2. The zero-order valence-corrected chi connectivity index (χ0v) is 12.1. The second kappa shape index (κ2) is 5.28. The molecule has 0 amide bonds. The number of piperazine rings is 1. The molecule has 5 heteroatoms. The van der Waals surface area contributed by atoms with E-state index in [2.05, 4.69) is 24.1 Å². The van der Waals surface area contributed by atoms with Crippen molar-refractivity contribution in [2.75, 3.05) is 24.5 Å². The second-order valence-corrected chi connectivity index (χ2v) is 5.76. The summed E-state index contributed by atoms with van der Waals surface area (Å²) >= 11 is 0. The normalized spacial score (nSPS) is 24.0. The number of alkyl halides is 3. The molecule has 0 radical (unpaired) electrons. The SMILES string of the molecule is CCC1(C)CN(c2cc(C(F)(F)F)ccc2C)CCN1. The molecule has 0 aromatic heterocycles. The van der Waals surface area contributed by atoms with Gasteiger partial charge in [0.2, 0.25) is 0 Å². The lowest BCUT2D eigenvalue weighted by atomic mass is 9.95. The summed E-state index contributed by atoms with van der Waals surface area (Å²) < 4.78 is 38.6. The van der Waals surface area contributed by atoms with Crippen LogP contribution in [0.4, 0.5) is 18.9 Å². The summed E-state index contributed by atoms with van der Waals surface area (Å²) in [5, 5.41) is 3.45. The molecule has 2 rings (SSSR count). The molecule has 112 valence electrons. The number of rotatable bonds is 2. The van der Waals surface area contributed by atoms with Crippen LogP contribution in [0.2, 0.25) is 0 Å². The Kier molecular flexibility index (Phi) is 4.00. The quantitative estimate of drug-likeness (QED) is 0.893. The average molecular weight is 286 g/mol. The fourth-order valence-corrected chi connectivity index (χ4v) is 2.62. The van der Waals surface area contributed by atoms with E-state index >= 15 is 0 Å². The van der Waals surface area contributed by atoms with E-state index in [-0.39, 0.29) is 5.54 Å². The lowest BCUT2D eigenvalue weighted by Crippen LogP contribution is -2.58. The van der Waals surface area contributed by atoms with Crippen molar-refractivity contribution in [1.82, 2.24) is 5.32 Å². The number of benzene rings is 1. The predicted octanol–water partition coefficient (Wildman–Crippen LogP) is 3.59. The molecule has 1 saturated heterocycles. The van der Waals surface area contributed by atoms with E-state index in [1.807, 2.05) is 6.92 Å². The highest BCUT2D eigenvalue weighted by molar-refractivity contribution is 5.56. The monoisotopic (exact) mass is 286 g/mol. The highest BCUT2D eigenvalue weighted by atomic mass is 19.4. The highest BCUT2D eigenvalue weighted by Crippen LogP contribution is 2.34. The maximum absolute atomic E-state index is 12.9. The maximum Gasteiger partial charge on any atom is 0.416 e. The summed E-state index contributed by atoms with van der Waals surface area (Å²) in [7, 11) is 0. The highest BCUT2D eigenvalue weighted by Gasteiger charge is 2.33. The first-order chi connectivity index (χ1) is 9.25. The molecule has 0 saturated carbocycles. The minimum atomic E-state index is -4.29. The van der Waals surface area contributed by atoms with Crippen LogP contribution in [0.25, 0.3) is 0 Å². The van der Waals surface area contributed by atoms with E-state index in [4.69, 9.17) is 0 Å². The molecular weight excluding hydrogens is 265 g/mol. The Morgan fingerprint density at radius 2 is 2.05 bits per heavy atom. The van der Waals surface area contributed by atoms with E-state index in [9.17, 15) is 13.2 Å². The largest absolute Gasteiger partial charge is 0.416 e. The summed E-state index contributed by atoms with van der Waals surface area (Å²) in [5.41, 5.74) is 0.966. The van der Waals surface area contributed by atoms with Crippen LogP contribution in [0, 0.1) is 6.92 Å². The van der Waals surface area contributed by atoms with E-state index in [1.54, 1.807) is 6.07 Å². The molecule has 1 aromatic carbocycles. The molecular formula is C15H21F3N2. The molecule has 0 spiro atoms. The smallest absolute Gasteiger partial charge is 0.368 e. The average Bonchev–Trinajstić information content (AvgIpc) is 2.38. The Hall–Kier alpha value is -1.23. The van der Waals surface area contributed by atoms with E-state index in [0.29, 0.717) is 5.69 Å². The van der Waals surface area contributed by atoms with Gasteiger partial charge in [-0.1, -0.05) is 13.0 Å². The molecule has 1 unspecified atom stereocenters. The summed E-state index contributed by atoms with van der Waals surface area (Å²) in [4.78, 5) is 2.06. The van der Waals surface area contributed by atoms with Gasteiger partial charge in [0.1, 0.15) is 0 Å². The van der Waals surface area contributed by atoms with Crippen LogP contribution < -0.4 is 10.2 Å². The third kappa shape index (κ3) is 3.08. The van der Waals surface area contributed by atoms with Gasteiger partial charge in [0, 0.05) is 30.9 Å². The standard InChI is InChI=1S/C15H21F3N2/c1-4-14(3)10-20(8-7-19-14)13-9-12(15(16,17)18)6-5-11(13)2/h5-6,9,19H,4,7-8,10H2,1-3H3. The van der Waals surface area contributed by atoms with Gasteiger partial charge in [-0.3, -0.25) is 0 Å². The van der Waals surface area contributed by atoms with Gasteiger partial charge in [0.25, 0.3) is 0 Å². The van der Waals surface area contributed by atoms with E-state index in [0.717, 1.165) is 37.7 Å². The zero-order chi connectivity index (χ0) is 15.0. The fraction of sp³-hybridized carbons (Fsp3) is 0.600. The third-order valence-electron chi connectivity index (χ3n) is 4.13. The van der Waals surface area contributed by atoms with Crippen molar-refractivity contribution < 1.29 is 13.2 Å². The van der Waals surface area contributed by atoms with Gasteiger partial charge in [-0.2, -0.15) is 13.2 Å². The fourth-order valence-electron chi connectivity index (χ4n) is 2.62. The molecule has 1 N–H and O–H groups in total. The molecule has 1 fully saturated rings. The zero-order valence-electron chi connectivity index (χ0n) is 12.1. The summed E-state index contributed by atoms with van der Waals surface area (Å²) in [6.45, 7) is 8.32. The number of nitrogens with zero attached hydrogens (tertiary/aromatic N) is 1. The van der Waals surface area contributed by atoms with Crippen LogP contribution in [0.1, 0.15) is 31.4 Å². The predicted molar refractivity (Wildman–Crippen MR) is 75.1 cm³/mol. The lowest BCUT2D eigenvalue weighted by Gasteiger charge is -2.42. The second-order valence-electron chi connectivity index (χ2n) is 5.76. The molecule has 0 bridgehead atoms. The minimum absolute atomic E-state index is 0.0427. The van der Waals surface area contributed by atoms with Crippen molar-refractivity contribution in [3.63, 3.8) is 0 Å². The Bertz CT molecular complexity index is 484. The summed E-state index contributed by atoms with van der Waals surface area (Å²) in [6, 6.07) is 3.99. The molecule has 1 aliphatic heterocycles. The Balaban J connectivity index is 2.32. The molecule has 1 aromatic rings. The summed E-state index contributed by atoms with van der Waals surface area (Å²) in [6.07, 6.45) is -3.34. The number of nitrogens with one attached hydrogen (secondary N) is 1. The van der Waals surface area contributed by atoms with Gasteiger partial charge in [-0.25, -0.2) is 0 Å². The van der Waals surface area contributed by atoms with Crippen LogP contribution >= 0.6 is 0 Å². The number of aryl methyl sites for hydroxylation is 1. The van der Waals surface area contributed by atoms with Gasteiger partial charge < -0.3 is 10.2 Å². The van der Waals surface area contributed by atoms with Gasteiger partial charge in [-0.05, 0) is 38.0 Å². The maximum atomic E-state index is 12.9. The topological polar surface area (TPSA) is 15.3 Å². The van der Waals surface area contributed by atoms with Gasteiger partial charge >= 0.3 is 6.18 Å². The van der Waals surface area contributed by atoms with Crippen LogP contribution in [-0.2, 0) is 6.18 Å². The van der Waals surface area contributed by atoms with Gasteiger partial charge in [0.15, 0.2) is 0 Å². The van der Waals surface area contributed by atoms with Crippen molar-refractivity contribution in [1.29, 1.82) is 0 Å². The van der Waals surface area contributed by atoms with E-state index < -0.39 is 11.7 Å². The number of hydrogen-bond donors (Lipinski definition) is 1. The van der Waals surface area contributed by atoms with Crippen molar-refractivity contribution in [3.8, 4) is 0 Å². The first-order valence-electron chi connectivity index (χ1n) is 6.93. The van der Waals surface area contributed by atoms with E-state index in [1.165, 1.54) is 6.07 Å². The Morgan fingerprint density at radius 1 is 1.35 bits per heavy atom. The first-order valence-corrected chi connectivity index (χ1v) is 6.93. The van der Waals surface area contributed by atoms with Crippen LogP contribution in [0.15, 0.2) is 18.2 Å². The molecule has 2 nitrogen and oxygen atoms in total. The van der Waals surface area contributed by atoms with Crippen molar-refractivity contribution in [3.05, 3.63) is 29.3 Å². The molecule has 1 heterocycles. The number of halogens is 3. The van der Waals surface area contributed by atoms with Gasteiger partial charge in [-0.15, -0.1) is 0 Å². The summed E-state index contributed by atoms with van der Waals surface area (Å²) in [5.74, 6) is 0. The van der Waals surface area contributed by atoms with Crippen molar-refractivity contribution in [2.45, 2.75) is 38.9 Å². The van der Waals surface area contributed by atoms with Crippen molar-refractivity contribution in [2.24, 2.45) is 0 Å². The van der Waals surface area contributed by atoms with Crippen LogP contribution in [0.3, 0.4) is 0 Å². The minimum Gasteiger partial charge on any atom is -0.368 e. The molecule has 20 heavy (non-hydrogen) atoms. The van der Waals surface area contributed by atoms with Crippen molar-refractivity contribution >= 4 is 5.69 Å². The van der Waals surface area contributed by atoms with Crippen LogP contribution in [0.5, 0.6) is 0 Å².